The second-order valence-corrected chi connectivity index (χ2v) is 8.80. The minimum Gasteiger partial charge on any atom is -0.0693 e. The van der Waals surface area contributed by atoms with E-state index in [9.17, 15) is 0 Å². The first-order chi connectivity index (χ1) is 14.8. The van der Waals surface area contributed by atoms with Gasteiger partial charge in [-0.1, -0.05) is 107 Å². The van der Waals surface area contributed by atoms with Crippen molar-refractivity contribution in [2.24, 2.45) is 0 Å². The predicted octanol–water partition coefficient (Wildman–Crippen LogP) is 9.20. The molecule has 158 valence electrons. The molecule has 0 heterocycles. The van der Waals surface area contributed by atoms with Crippen LogP contribution < -0.4 is 0 Å². The summed E-state index contributed by atoms with van der Waals surface area (Å²) in [4.78, 5) is 0. The van der Waals surface area contributed by atoms with E-state index in [0.29, 0.717) is 0 Å². The zero-order valence-corrected chi connectivity index (χ0v) is 19.8. The van der Waals surface area contributed by atoms with Crippen LogP contribution in [0.3, 0.4) is 0 Å². The molecule has 0 saturated carbocycles. The Balaban J connectivity index is 0.000000137. The van der Waals surface area contributed by atoms with Crippen LogP contribution >= 0.6 is 0 Å². The molecule has 0 heteroatoms. The van der Waals surface area contributed by atoms with Gasteiger partial charge in [-0.15, -0.1) is 0 Å². The maximum Gasteiger partial charge on any atom is -0.0108 e. The van der Waals surface area contributed by atoms with Crippen molar-refractivity contribution in [3.63, 3.8) is 0 Å². The van der Waals surface area contributed by atoms with Gasteiger partial charge < -0.3 is 0 Å². The molecule has 0 amide bonds. The molecule has 4 aromatic rings. The molecule has 0 spiro atoms. The molecule has 0 unspecified atom stereocenters. The summed E-state index contributed by atoms with van der Waals surface area (Å²) in [6, 6.07) is 26.0. The van der Waals surface area contributed by atoms with Crippen molar-refractivity contribution < 1.29 is 0 Å². The Morgan fingerprint density at radius 1 is 0.484 bits per heavy atom. The van der Waals surface area contributed by atoms with Crippen LogP contribution in [0.1, 0.15) is 42.5 Å². The summed E-state index contributed by atoms with van der Waals surface area (Å²) in [5.41, 5.74) is 8.33. The standard InChI is InChI=1S/2C12H12.C7H10/c1-9-3-5-12-8-10(2)4-6-11(12)7-9;1-9-5-3-8-12-10(2)6-4-7-11(9)12;1-6-3-4-7(2)5-6/h2*3-8H,1-2H3;3-4H,5H2,1-2H3. The molecule has 4 aromatic carbocycles. The Labute approximate surface area is 187 Å². The van der Waals surface area contributed by atoms with Crippen molar-refractivity contribution >= 4 is 21.5 Å². The van der Waals surface area contributed by atoms with Crippen LogP contribution in [0, 0.1) is 27.7 Å². The van der Waals surface area contributed by atoms with Gasteiger partial charge in [-0.3, -0.25) is 0 Å². The first-order valence-electron chi connectivity index (χ1n) is 11.1. The first-order valence-corrected chi connectivity index (χ1v) is 11.1. The summed E-state index contributed by atoms with van der Waals surface area (Å²) in [6.07, 6.45) is 5.55. The predicted molar refractivity (Wildman–Crippen MR) is 139 cm³/mol. The molecule has 0 N–H and O–H groups in total. The molecule has 0 aromatic heterocycles. The maximum absolute atomic E-state index is 2.22. The van der Waals surface area contributed by atoms with Crippen molar-refractivity contribution in [1.29, 1.82) is 0 Å². The SMILES string of the molecule is CC1=CC=C(C)C1.Cc1ccc2cc(C)ccc2c1.Cc1cccc2c(C)cccc12. The van der Waals surface area contributed by atoms with E-state index < -0.39 is 0 Å². The highest BCUT2D eigenvalue weighted by Crippen LogP contribution is 2.21. The van der Waals surface area contributed by atoms with E-state index in [0.717, 1.165) is 0 Å². The van der Waals surface area contributed by atoms with Crippen LogP contribution in [-0.2, 0) is 0 Å². The van der Waals surface area contributed by atoms with E-state index in [-0.39, 0.29) is 0 Å². The molecule has 0 bridgehead atoms. The number of hydrogen-bond acceptors (Lipinski definition) is 0. The minimum atomic E-state index is 1.19. The Morgan fingerprint density at radius 3 is 1.26 bits per heavy atom. The quantitative estimate of drug-likeness (QED) is 0.273. The van der Waals surface area contributed by atoms with Crippen molar-refractivity contribution in [3.05, 3.63) is 118 Å². The van der Waals surface area contributed by atoms with E-state index in [1.165, 1.54) is 61.4 Å². The Kier molecular flexibility index (Phi) is 7.47. The van der Waals surface area contributed by atoms with E-state index >= 15 is 0 Å². The van der Waals surface area contributed by atoms with Gasteiger partial charge in [0.1, 0.15) is 0 Å². The normalized spacial score (nSPS) is 12.5. The van der Waals surface area contributed by atoms with Crippen LogP contribution in [-0.4, -0.2) is 0 Å². The number of fused-ring (bicyclic) bond motifs is 2. The monoisotopic (exact) mass is 406 g/mol. The highest BCUT2D eigenvalue weighted by atomic mass is 14.0. The van der Waals surface area contributed by atoms with E-state index in [1.54, 1.807) is 0 Å². The second kappa shape index (κ2) is 10.3. The number of allylic oxidation sites excluding steroid dienone is 4. The molecule has 0 saturated heterocycles. The largest absolute Gasteiger partial charge is 0.0693 e. The summed E-state index contributed by atoms with van der Waals surface area (Å²) in [5, 5.41) is 5.41. The summed E-state index contributed by atoms with van der Waals surface area (Å²) >= 11 is 0. The minimum absolute atomic E-state index is 1.19. The van der Waals surface area contributed by atoms with Crippen molar-refractivity contribution in [3.8, 4) is 0 Å². The third kappa shape index (κ3) is 6.18. The number of hydrogen-bond donors (Lipinski definition) is 0. The Bertz CT molecular complexity index is 1150. The van der Waals surface area contributed by atoms with Crippen LogP contribution in [0.25, 0.3) is 21.5 Å². The van der Waals surface area contributed by atoms with Gasteiger partial charge in [0.2, 0.25) is 0 Å². The van der Waals surface area contributed by atoms with Gasteiger partial charge in [0.15, 0.2) is 0 Å². The lowest BCUT2D eigenvalue weighted by Crippen LogP contribution is -1.80. The van der Waals surface area contributed by atoms with Crippen LogP contribution in [0.15, 0.2) is 96.1 Å². The lowest BCUT2D eigenvalue weighted by molar-refractivity contribution is 1.15. The molecule has 31 heavy (non-hydrogen) atoms. The molecular weight excluding hydrogens is 372 g/mol. The zero-order valence-electron chi connectivity index (χ0n) is 19.8. The Morgan fingerprint density at radius 2 is 0.903 bits per heavy atom. The fraction of sp³-hybridized carbons (Fsp3) is 0.226. The fourth-order valence-electron chi connectivity index (χ4n) is 3.95. The van der Waals surface area contributed by atoms with Crippen molar-refractivity contribution in [2.75, 3.05) is 0 Å². The van der Waals surface area contributed by atoms with Gasteiger partial charge in [0.05, 0.1) is 0 Å². The van der Waals surface area contributed by atoms with Crippen molar-refractivity contribution in [2.45, 2.75) is 48.0 Å². The highest BCUT2D eigenvalue weighted by molar-refractivity contribution is 5.88. The van der Waals surface area contributed by atoms with Gasteiger partial charge in [0, 0.05) is 0 Å². The smallest absolute Gasteiger partial charge is 0.0108 e. The maximum atomic E-state index is 2.22. The van der Waals surface area contributed by atoms with E-state index in [1.807, 2.05) is 0 Å². The fourth-order valence-corrected chi connectivity index (χ4v) is 3.95. The van der Waals surface area contributed by atoms with Gasteiger partial charge >= 0.3 is 0 Å². The molecule has 1 aliphatic rings. The lowest BCUT2D eigenvalue weighted by atomic mass is 10.0. The first kappa shape index (κ1) is 22.6. The Hall–Kier alpha value is -3.12. The molecule has 0 nitrogen and oxygen atoms in total. The van der Waals surface area contributed by atoms with Gasteiger partial charge in [-0.25, -0.2) is 0 Å². The number of aryl methyl sites for hydroxylation is 4. The average molecular weight is 407 g/mol. The third-order valence-electron chi connectivity index (χ3n) is 5.72. The summed E-state index contributed by atoms with van der Waals surface area (Å²) in [5.74, 6) is 0. The summed E-state index contributed by atoms with van der Waals surface area (Å²) in [6.45, 7) is 12.9. The van der Waals surface area contributed by atoms with Gasteiger partial charge in [-0.2, -0.15) is 0 Å². The average Bonchev–Trinajstić information content (AvgIpc) is 3.13. The van der Waals surface area contributed by atoms with E-state index in [2.05, 4.69) is 126 Å². The van der Waals surface area contributed by atoms with Crippen LogP contribution in [0.2, 0.25) is 0 Å². The number of rotatable bonds is 0. The molecular formula is C31H34. The summed E-state index contributed by atoms with van der Waals surface area (Å²) in [7, 11) is 0. The molecule has 5 rings (SSSR count). The van der Waals surface area contributed by atoms with Crippen LogP contribution in [0.5, 0.6) is 0 Å². The third-order valence-corrected chi connectivity index (χ3v) is 5.72. The highest BCUT2D eigenvalue weighted by Gasteiger charge is 1.97. The molecule has 0 aliphatic heterocycles. The van der Waals surface area contributed by atoms with Crippen LogP contribution in [0.4, 0.5) is 0 Å². The van der Waals surface area contributed by atoms with Crippen molar-refractivity contribution in [1.82, 2.24) is 0 Å². The van der Waals surface area contributed by atoms with E-state index in [4.69, 9.17) is 0 Å². The van der Waals surface area contributed by atoms with Gasteiger partial charge in [0.25, 0.3) is 0 Å². The topological polar surface area (TPSA) is 0 Å². The second-order valence-electron chi connectivity index (χ2n) is 8.80. The molecule has 0 fully saturated rings. The summed E-state index contributed by atoms with van der Waals surface area (Å²) < 4.78 is 0. The molecule has 0 atom stereocenters. The zero-order chi connectivity index (χ0) is 22.4. The molecule has 0 radical (unpaired) electrons. The lowest BCUT2D eigenvalue weighted by Gasteiger charge is -2.03. The van der Waals surface area contributed by atoms with Gasteiger partial charge in [-0.05, 0) is 80.6 Å². The molecule has 1 aliphatic carbocycles. The number of benzene rings is 4.